The Labute approximate surface area is 71.1 Å². The molecule has 0 aliphatic heterocycles. The van der Waals surface area contributed by atoms with Crippen molar-refractivity contribution in [2.75, 3.05) is 6.61 Å². The van der Waals surface area contributed by atoms with Crippen LogP contribution in [0.5, 0.6) is 0 Å². The fourth-order valence-corrected chi connectivity index (χ4v) is 1.38. The van der Waals surface area contributed by atoms with E-state index < -0.39 is 17.8 Å². The highest BCUT2D eigenvalue weighted by atomic mass is 16.5. The van der Waals surface area contributed by atoms with Crippen molar-refractivity contribution in [3.63, 3.8) is 0 Å². The number of carbonyl (C=O) groups excluding carboxylic acids is 2. The molecule has 0 aromatic heterocycles. The van der Waals surface area contributed by atoms with Crippen LogP contribution >= 0.6 is 0 Å². The van der Waals surface area contributed by atoms with Crippen molar-refractivity contribution in [2.24, 2.45) is 11.7 Å². The molecule has 4 nitrogen and oxygen atoms in total. The van der Waals surface area contributed by atoms with Crippen LogP contribution in [-0.2, 0) is 14.3 Å². The predicted octanol–water partition coefficient (Wildman–Crippen LogP) is -0.493. The highest BCUT2D eigenvalue weighted by Crippen LogP contribution is 2.25. The molecule has 1 fully saturated rings. The quantitative estimate of drug-likeness (QED) is 0.581. The third-order valence-electron chi connectivity index (χ3n) is 2.04. The van der Waals surface area contributed by atoms with Crippen molar-refractivity contribution in [1.29, 1.82) is 0 Å². The van der Waals surface area contributed by atoms with E-state index in [-0.39, 0.29) is 11.8 Å². The van der Waals surface area contributed by atoms with Gasteiger partial charge in [-0.05, 0) is 13.8 Å². The average molecular weight is 171 g/mol. The molecule has 1 aliphatic rings. The molecule has 0 aromatic carbocycles. The van der Waals surface area contributed by atoms with Gasteiger partial charge < -0.3 is 10.5 Å². The second-order valence-electron chi connectivity index (χ2n) is 2.99. The maximum atomic E-state index is 11.0. The van der Waals surface area contributed by atoms with Gasteiger partial charge in [0.05, 0.1) is 5.92 Å². The summed E-state index contributed by atoms with van der Waals surface area (Å²) in [6.45, 7) is 3.93. The van der Waals surface area contributed by atoms with Crippen LogP contribution in [0.25, 0.3) is 0 Å². The van der Waals surface area contributed by atoms with Crippen LogP contribution in [-0.4, -0.2) is 30.3 Å². The Morgan fingerprint density at radius 2 is 2.08 bits per heavy atom. The van der Waals surface area contributed by atoms with E-state index in [4.69, 9.17) is 10.5 Å². The Bertz CT molecular complexity index is 212. The van der Waals surface area contributed by atoms with Crippen molar-refractivity contribution in [3.8, 4) is 0 Å². The van der Waals surface area contributed by atoms with E-state index in [9.17, 15) is 9.59 Å². The van der Waals surface area contributed by atoms with Crippen LogP contribution in [0.1, 0.15) is 13.8 Å². The molecule has 0 amide bonds. The molecule has 0 heterocycles. The van der Waals surface area contributed by atoms with Crippen molar-refractivity contribution >= 4 is 11.6 Å². The highest BCUT2D eigenvalue weighted by Gasteiger charge is 2.51. The first-order valence-electron chi connectivity index (χ1n) is 4.04. The molecule has 68 valence electrons. The number of rotatable bonds is 3. The Morgan fingerprint density at radius 1 is 1.50 bits per heavy atom. The third kappa shape index (κ3) is 1.28. The molecule has 3 atom stereocenters. The Hall–Kier alpha value is -0.740. The van der Waals surface area contributed by atoms with E-state index in [2.05, 4.69) is 0 Å². The van der Waals surface area contributed by atoms with Crippen molar-refractivity contribution in [1.82, 2.24) is 0 Å². The van der Waals surface area contributed by atoms with Gasteiger partial charge in [0.15, 0.2) is 0 Å². The Morgan fingerprint density at radius 3 is 2.50 bits per heavy atom. The zero-order valence-electron chi connectivity index (χ0n) is 7.24. The lowest BCUT2D eigenvalue weighted by Gasteiger charge is -2.34. The van der Waals surface area contributed by atoms with E-state index in [1.54, 1.807) is 13.8 Å². The maximum absolute atomic E-state index is 11.0. The molecular formula is C8H13NO3. The number of hydrogen-bond acceptors (Lipinski definition) is 4. The molecule has 1 aliphatic carbocycles. The monoisotopic (exact) mass is 171 g/mol. The minimum atomic E-state index is -0.581. The summed E-state index contributed by atoms with van der Waals surface area (Å²) < 4.78 is 5.08. The highest BCUT2D eigenvalue weighted by molar-refractivity contribution is 6.47. The smallest absolute Gasteiger partial charge is 0.228 e. The molecule has 3 unspecified atom stereocenters. The van der Waals surface area contributed by atoms with Crippen LogP contribution in [0.15, 0.2) is 0 Å². The number of nitrogens with two attached hydrogens (primary N) is 1. The lowest BCUT2D eigenvalue weighted by atomic mass is 9.75. The summed E-state index contributed by atoms with van der Waals surface area (Å²) in [5, 5.41) is 0. The van der Waals surface area contributed by atoms with Gasteiger partial charge in [-0.3, -0.25) is 9.59 Å². The molecule has 12 heavy (non-hydrogen) atoms. The predicted molar refractivity (Wildman–Crippen MR) is 42.6 cm³/mol. The van der Waals surface area contributed by atoms with Gasteiger partial charge in [0.2, 0.25) is 11.6 Å². The molecule has 2 N–H and O–H groups in total. The number of Topliss-reactive ketones (excluding diaryl/α,β-unsaturated/α-hetero) is 2. The van der Waals surface area contributed by atoms with Gasteiger partial charge in [-0.25, -0.2) is 0 Å². The summed E-state index contributed by atoms with van der Waals surface area (Å²) in [5.74, 6) is -1.24. The zero-order valence-corrected chi connectivity index (χ0v) is 7.24. The van der Waals surface area contributed by atoms with Crippen molar-refractivity contribution in [3.05, 3.63) is 0 Å². The minimum Gasteiger partial charge on any atom is -0.369 e. The molecular weight excluding hydrogens is 158 g/mol. The van der Waals surface area contributed by atoms with E-state index in [1.165, 1.54) is 0 Å². The molecule has 0 saturated heterocycles. The first-order valence-corrected chi connectivity index (χ1v) is 4.04. The lowest BCUT2D eigenvalue weighted by Crippen LogP contribution is -2.60. The minimum absolute atomic E-state index is 0.299. The van der Waals surface area contributed by atoms with Gasteiger partial charge in [0.25, 0.3) is 0 Å². The Balaban J connectivity index is 2.62. The van der Waals surface area contributed by atoms with Gasteiger partial charge in [0.1, 0.15) is 6.10 Å². The van der Waals surface area contributed by atoms with Crippen molar-refractivity contribution in [2.45, 2.75) is 26.0 Å². The Kier molecular flexibility index (Phi) is 2.59. The first kappa shape index (κ1) is 9.35. The van der Waals surface area contributed by atoms with E-state index in [0.717, 1.165) is 0 Å². The standard InChI is InChI=1S/C8H13NO3/c1-3-12-8-5(4(2)9)6(10)7(8)11/h4-5,8H,3,9H2,1-2H3. The lowest BCUT2D eigenvalue weighted by molar-refractivity contribution is -0.163. The zero-order chi connectivity index (χ0) is 9.30. The number of hydrogen-bond donors (Lipinski definition) is 1. The third-order valence-corrected chi connectivity index (χ3v) is 2.04. The maximum Gasteiger partial charge on any atom is 0.228 e. The average Bonchev–Trinajstić information content (AvgIpc) is 2.02. The van der Waals surface area contributed by atoms with E-state index in [1.807, 2.05) is 0 Å². The summed E-state index contributed by atoms with van der Waals surface area (Å²) in [7, 11) is 0. The van der Waals surface area contributed by atoms with Crippen LogP contribution in [0.2, 0.25) is 0 Å². The molecule has 0 bridgehead atoms. The topological polar surface area (TPSA) is 69.4 Å². The van der Waals surface area contributed by atoms with Crippen LogP contribution < -0.4 is 5.73 Å². The summed E-state index contributed by atoms with van der Waals surface area (Å²) in [4.78, 5) is 21.9. The molecule has 4 heteroatoms. The molecule has 1 rings (SSSR count). The second kappa shape index (κ2) is 3.33. The number of ether oxygens (including phenoxy) is 1. The summed E-state index contributed by atoms with van der Waals surface area (Å²) >= 11 is 0. The van der Waals surface area contributed by atoms with Gasteiger partial charge in [-0.2, -0.15) is 0 Å². The van der Waals surface area contributed by atoms with E-state index in [0.29, 0.717) is 6.61 Å². The van der Waals surface area contributed by atoms with Crippen LogP contribution in [0, 0.1) is 5.92 Å². The van der Waals surface area contributed by atoms with Gasteiger partial charge in [-0.15, -0.1) is 0 Å². The summed E-state index contributed by atoms with van der Waals surface area (Å²) in [6.07, 6.45) is -0.581. The van der Waals surface area contributed by atoms with Gasteiger partial charge in [-0.1, -0.05) is 0 Å². The van der Waals surface area contributed by atoms with Crippen LogP contribution in [0.4, 0.5) is 0 Å². The van der Waals surface area contributed by atoms with Gasteiger partial charge >= 0.3 is 0 Å². The summed E-state index contributed by atoms with van der Waals surface area (Å²) in [5.41, 5.74) is 5.52. The fraction of sp³-hybridized carbons (Fsp3) is 0.750. The number of ketones is 2. The first-order chi connectivity index (χ1) is 5.59. The normalized spacial score (nSPS) is 31.6. The number of carbonyl (C=O) groups is 2. The SMILES string of the molecule is CCOC1C(=O)C(=O)C1C(C)N. The van der Waals surface area contributed by atoms with Crippen LogP contribution in [0.3, 0.4) is 0 Å². The molecule has 0 aromatic rings. The molecule has 0 radical (unpaired) electrons. The fourth-order valence-electron chi connectivity index (χ4n) is 1.38. The molecule has 1 saturated carbocycles. The molecule has 0 spiro atoms. The van der Waals surface area contributed by atoms with E-state index >= 15 is 0 Å². The largest absolute Gasteiger partial charge is 0.369 e. The summed E-state index contributed by atoms with van der Waals surface area (Å²) in [6, 6.07) is -0.299. The van der Waals surface area contributed by atoms with Gasteiger partial charge in [0, 0.05) is 12.6 Å². The van der Waals surface area contributed by atoms with Crippen molar-refractivity contribution < 1.29 is 14.3 Å². The second-order valence-corrected chi connectivity index (χ2v) is 2.99.